The average molecular weight is 227 g/mol. The number of methoxy groups -OCH3 is 1. The Morgan fingerprint density at radius 3 is 2.71 bits per heavy atom. The number of benzene rings is 1. The molecule has 0 aliphatic carbocycles. The second kappa shape index (κ2) is 5.16. The summed E-state index contributed by atoms with van der Waals surface area (Å²) in [6.07, 6.45) is 5.31. The van der Waals surface area contributed by atoms with E-state index in [2.05, 4.69) is 11.7 Å². The van der Waals surface area contributed by atoms with Crippen LogP contribution in [0.2, 0.25) is 0 Å². The fourth-order valence-corrected chi connectivity index (χ4v) is 1.43. The van der Waals surface area contributed by atoms with Gasteiger partial charge in [0.25, 0.3) is 0 Å². The molecule has 3 nitrogen and oxygen atoms in total. The second-order valence-electron chi connectivity index (χ2n) is 3.44. The van der Waals surface area contributed by atoms with Crippen molar-refractivity contribution in [1.82, 2.24) is 5.16 Å². The van der Waals surface area contributed by atoms with Crippen molar-refractivity contribution in [3.63, 3.8) is 0 Å². The molecule has 0 aliphatic heterocycles. The van der Waals surface area contributed by atoms with Crippen LogP contribution in [0.15, 0.2) is 53.6 Å². The van der Waals surface area contributed by atoms with Crippen LogP contribution in [-0.4, -0.2) is 12.3 Å². The van der Waals surface area contributed by atoms with Gasteiger partial charge in [-0.25, -0.2) is 0 Å². The Labute approximate surface area is 100 Å². The number of allylic oxidation sites excluding steroid dienone is 2. The number of nitrogens with zero attached hydrogens (tertiary/aromatic N) is 1. The van der Waals surface area contributed by atoms with E-state index in [9.17, 15) is 0 Å². The number of ether oxygens (including phenoxy) is 1. The number of hydrogen-bond acceptors (Lipinski definition) is 3. The molecule has 0 saturated carbocycles. The fraction of sp³-hybridized carbons (Fsp3) is 0.0714. The number of rotatable bonds is 4. The van der Waals surface area contributed by atoms with E-state index in [1.807, 2.05) is 36.4 Å². The maximum absolute atomic E-state index is 5.16. The first-order valence-corrected chi connectivity index (χ1v) is 5.23. The van der Waals surface area contributed by atoms with Crippen molar-refractivity contribution in [3.05, 3.63) is 54.8 Å². The highest BCUT2D eigenvalue weighted by molar-refractivity contribution is 5.62. The van der Waals surface area contributed by atoms with E-state index in [1.54, 1.807) is 19.3 Å². The van der Waals surface area contributed by atoms with Crippen molar-refractivity contribution in [2.45, 2.75) is 0 Å². The minimum Gasteiger partial charge on any atom is -0.497 e. The van der Waals surface area contributed by atoms with Crippen LogP contribution in [0.25, 0.3) is 17.3 Å². The van der Waals surface area contributed by atoms with E-state index < -0.39 is 0 Å². The molecule has 1 aromatic carbocycles. The van der Waals surface area contributed by atoms with Crippen molar-refractivity contribution in [2.24, 2.45) is 0 Å². The predicted molar refractivity (Wildman–Crippen MR) is 67.7 cm³/mol. The molecule has 0 bridgehead atoms. The number of hydrogen-bond donors (Lipinski definition) is 0. The Hall–Kier alpha value is -2.29. The fourth-order valence-electron chi connectivity index (χ4n) is 1.43. The van der Waals surface area contributed by atoms with Gasteiger partial charge in [-0.05, 0) is 30.3 Å². The summed E-state index contributed by atoms with van der Waals surface area (Å²) in [4.78, 5) is 0. The van der Waals surface area contributed by atoms with E-state index in [0.717, 1.165) is 17.0 Å². The first kappa shape index (κ1) is 11.2. The Kier molecular flexibility index (Phi) is 3.40. The first-order chi connectivity index (χ1) is 8.33. The van der Waals surface area contributed by atoms with Gasteiger partial charge >= 0.3 is 0 Å². The van der Waals surface area contributed by atoms with Crippen molar-refractivity contribution in [1.29, 1.82) is 0 Å². The molecule has 0 aliphatic rings. The van der Waals surface area contributed by atoms with Crippen molar-refractivity contribution >= 4 is 6.08 Å². The van der Waals surface area contributed by atoms with Crippen LogP contribution in [0.4, 0.5) is 0 Å². The molecule has 1 aromatic heterocycles. The molecule has 0 atom stereocenters. The molecule has 0 unspecified atom stereocenters. The molecule has 0 amide bonds. The van der Waals surface area contributed by atoms with Crippen LogP contribution in [0.5, 0.6) is 5.75 Å². The van der Waals surface area contributed by atoms with E-state index in [1.165, 1.54) is 0 Å². The average Bonchev–Trinajstić information content (AvgIpc) is 2.85. The molecule has 3 heteroatoms. The van der Waals surface area contributed by atoms with Gasteiger partial charge in [0, 0.05) is 11.6 Å². The number of aromatic nitrogens is 1. The molecule has 2 rings (SSSR count). The summed E-state index contributed by atoms with van der Waals surface area (Å²) in [5.74, 6) is 1.53. The summed E-state index contributed by atoms with van der Waals surface area (Å²) in [5, 5.41) is 3.99. The third-order valence-corrected chi connectivity index (χ3v) is 2.31. The molecule has 1 heterocycles. The Balaban J connectivity index is 2.23. The monoisotopic (exact) mass is 227 g/mol. The third kappa shape index (κ3) is 2.64. The molecule has 86 valence electrons. The maximum Gasteiger partial charge on any atom is 0.160 e. The van der Waals surface area contributed by atoms with Gasteiger partial charge in [-0.15, -0.1) is 0 Å². The van der Waals surface area contributed by atoms with Gasteiger partial charge in [0.15, 0.2) is 5.76 Å². The SMILES string of the molecule is C=C/C=C/c1cc(-c2ccc(OC)cc2)no1. The summed E-state index contributed by atoms with van der Waals surface area (Å²) in [6, 6.07) is 9.55. The molecule has 0 saturated heterocycles. The van der Waals surface area contributed by atoms with E-state index >= 15 is 0 Å². The van der Waals surface area contributed by atoms with Gasteiger partial charge in [0.1, 0.15) is 11.4 Å². The van der Waals surface area contributed by atoms with Crippen LogP contribution in [0, 0.1) is 0 Å². The van der Waals surface area contributed by atoms with E-state index in [4.69, 9.17) is 9.26 Å². The van der Waals surface area contributed by atoms with Crippen LogP contribution in [0.3, 0.4) is 0 Å². The lowest BCUT2D eigenvalue weighted by Crippen LogP contribution is -1.82. The summed E-state index contributed by atoms with van der Waals surface area (Å²) >= 11 is 0. The zero-order valence-corrected chi connectivity index (χ0v) is 9.59. The van der Waals surface area contributed by atoms with Gasteiger partial charge < -0.3 is 9.26 Å². The van der Waals surface area contributed by atoms with Gasteiger partial charge in [-0.2, -0.15) is 0 Å². The second-order valence-corrected chi connectivity index (χ2v) is 3.44. The highest BCUT2D eigenvalue weighted by Gasteiger charge is 2.04. The highest BCUT2D eigenvalue weighted by atomic mass is 16.5. The normalized spacial score (nSPS) is 10.6. The summed E-state index contributed by atoms with van der Waals surface area (Å²) < 4.78 is 10.3. The molecular formula is C14H13NO2. The van der Waals surface area contributed by atoms with Crippen molar-refractivity contribution in [2.75, 3.05) is 7.11 Å². The molecule has 0 fully saturated rings. The lowest BCUT2D eigenvalue weighted by atomic mass is 10.1. The summed E-state index contributed by atoms with van der Waals surface area (Å²) in [5.41, 5.74) is 1.80. The summed E-state index contributed by atoms with van der Waals surface area (Å²) in [7, 11) is 1.64. The van der Waals surface area contributed by atoms with E-state index in [-0.39, 0.29) is 0 Å². The maximum atomic E-state index is 5.16. The van der Waals surface area contributed by atoms with Gasteiger partial charge in [-0.3, -0.25) is 0 Å². The lowest BCUT2D eigenvalue weighted by molar-refractivity contribution is 0.413. The zero-order chi connectivity index (χ0) is 12.1. The summed E-state index contributed by atoms with van der Waals surface area (Å²) in [6.45, 7) is 3.60. The van der Waals surface area contributed by atoms with Crippen LogP contribution >= 0.6 is 0 Å². The smallest absolute Gasteiger partial charge is 0.160 e. The molecule has 0 N–H and O–H groups in total. The first-order valence-electron chi connectivity index (χ1n) is 5.23. The van der Waals surface area contributed by atoms with Crippen molar-refractivity contribution < 1.29 is 9.26 Å². The van der Waals surface area contributed by atoms with Gasteiger partial charge in [-0.1, -0.05) is 23.9 Å². The van der Waals surface area contributed by atoms with Gasteiger partial charge in [0.05, 0.1) is 7.11 Å². The largest absolute Gasteiger partial charge is 0.497 e. The zero-order valence-electron chi connectivity index (χ0n) is 9.59. The minimum atomic E-state index is 0.704. The highest BCUT2D eigenvalue weighted by Crippen LogP contribution is 2.22. The molecule has 0 spiro atoms. The molecule has 2 aromatic rings. The van der Waals surface area contributed by atoms with Crippen LogP contribution in [-0.2, 0) is 0 Å². The van der Waals surface area contributed by atoms with Crippen LogP contribution < -0.4 is 4.74 Å². The third-order valence-electron chi connectivity index (χ3n) is 2.31. The molecule has 0 radical (unpaired) electrons. The predicted octanol–water partition coefficient (Wildman–Crippen LogP) is 3.55. The topological polar surface area (TPSA) is 35.3 Å². The lowest BCUT2D eigenvalue weighted by Gasteiger charge is -1.99. The van der Waals surface area contributed by atoms with Gasteiger partial charge in [0.2, 0.25) is 0 Å². The van der Waals surface area contributed by atoms with E-state index in [0.29, 0.717) is 5.76 Å². The minimum absolute atomic E-state index is 0.704. The Morgan fingerprint density at radius 1 is 1.29 bits per heavy atom. The quantitative estimate of drug-likeness (QED) is 0.749. The molecule has 17 heavy (non-hydrogen) atoms. The van der Waals surface area contributed by atoms with Crippen LogP contribution in [0.1, 0.15) is 5.76 Å². The molecular weight excluding hydrogens is 214 g/mol. The standard InChI is InChI=1S/C14H13NO2/c1-3-4-5-13-10-14(15-17-13)11-6-8-12(16-2)9-7-11/h3-10H,1H2,2H3/b5-4+. The van der Waals surface area contributed by atoms with Crippen molar-refractivity contribution in [3.8, 4) is 17.0 Å². The Morgan fingerprint density at radius 2 is 2.06 bits per heavy atom. The Bertz CT molecular complexity index is 523.